The number of aliphatic hydroxyl groups is 2. The second-order valence-electron chi connectivity index (χ2n) is 4.39. The molecule has 2 N–H and O–H groups in total. The molecule has 0 aliphatic heterocycles. The molecule has 0 saturated carbocycles. The summed E-state index contributed by atoms with van der Waals surface area (Å²) in [5.41, 5.74) is 0.0378. The number of nitrogens with zero attached hydrogens (tertiary/aromatic N) is 2. The molecule has 92 valence electrons. The van der Waals surface area contributed by atoms with Crippen LogP contribution in [0.2, 0.25) is 0 Å². The van der Waals surface area contributed by atoms with Crippen molar-refractivity contribution in [1.29, 1.82) is 5.39 Å². The third-order valence-corrected chi connectivity index (χ3v) is 2.40. The van der Waals surface area contributed by atoms with Crippen molar-refractivity contribution in [3.05, 3.63) is 34.8 Å². The summed E-state index contributed by atoms with van der Waals surface area (Å²) < 4.78 is 5.68. The second kappa shape index (κ2) is 5.62. The maximum atomic E-state index is 9.25. The predicted molar refractivity (Wildman–Crippen MR) is 62.9 cm³/mol. The highest BCUT2D eigenvalue weighted by molar-refractivity contribution is 5.29. The van der Waals surface area contributed by atoms with Crippen molar-refractivity contribution < 1.29 is 14.9 Å². The van der Waals surface area contributed by atoms with Crippen molar-refractivity contribution in [3.63, 3.8) is 0 Å². The highest BCUT2D eigenvalue weighted by Crippen LogP contribution is 2.23. The Hall–Kier alpha value is -1.64. The summed E-state index contributed by atoms with van der Waals surface area (Å²) in [7, 11) is 0. The molecule has 0 saturated heterocycles. The topological polar surface area (TPSA) is 77.8 Å². The van der Waals surface area contributed by atoms with Crippen LogP contribution >= 0.6 is 0 Å². The molecule has 0 bridgehead atoms. The highest BCUT2D eigenvalue weighted by atomic mass is 16.5. The van der Waals surface area contributed by atoms with Crippen LogP contribution in [0.4, 0.5) is 0 Å². The van der Waals surface area contributed by atoms with Gasteiger partial charge in [-0.3, -0.25) is 0 Å². The van der Waals surface area contributed by atoms with Crippen LogP contribution in [0.1, 0.15) is 32.1 Å². The maximum absolute atomic E-state index is 9.25. The van der Waals surface area contributed by atoms with Gasteiger partial charge >= 0.3 is 6.23 Å². The van der Waals surface area contributed by atoms with Gasteiger partial charge < -0.3 is 14.9 Å². The Morgan fingerprint density at radius 1 is 1.35 bits per heavy atom. The molecular formula is C12H17N2O3+. The number of hydrogen-bond donors (Lipinski definition) is 2. The average Bonchev–Trinajstić information content (AvgIpc) is 2.28. The van der Waals surface area contributed by atoms with E-state index in [1.807, 2.05) is 13.8 Å². The highest BCUT2D eigenvalue weighted by Gasteiger charge is 2.21. The summed E-state index contributed by atoms with van der Waals surface area (Å²) in [5.74, 6) is 0.636. The van der Waals surface area contributed by atoms with Crippen molar-refractivity contribution in [1.82, 2.24) is 0 Å². The molecule has 0 spiro atoms. The second-order valence-corrected chi connectivity index (χ2v) is 4.39. The smallest absolute Gasteiger partial charge is 0.443 e. The van der Waals surface area contributed by atoms with Gasteiger partial charge in [-0.2, -0.15) is 0 Å². The summed E-state index contributed by atoms with van der Waals surface area (Å²) in [6.45, 7) is 3.83. The van der Waals surface area contributed by atoms with E-state index in [1.54, 1.807) is 24.3 Å². The molecule has 1 aromatic carbocycles. The number of benzene rings is 1. The summed E-state index contributed by atoms with van der Waals surface area (Å²) in [6.07, 6.45) is -0.696. The third-order valence-electron chi connectivity index (χ3n) is 2.40. The van der Waals surface area contributed by atoms with Gasteiger partial charge in [-0.15, -0.1) is 0 Å². The van der Waals surface area contributed by atoms with Gasteiger partial charge in [0.15, 0.2) is 4.98 Å². The fourth-order valence-electron chi connectivity index (χ4n) is 1.41. The zero-order valence-corrected chi connectivity index (χ0v) is 10.00. The number of rotatable bonds is 5. The van der Waals surface area contributed by atoms with E-state index in [0.29, 0.717) is 17.7 Å². The van der Waals surface area contributed by atoms with E-state index in [4.69, 9.17) is 15.2 Å². The molecule has 0 fully saturated rings. The molecule has 5 heteroatoms. The van der Waals surface area contributed by atoms with Crippen LogP contribution < -0.4 is 4.74 Å². The van der Waals surface area contributed by atoms with E-state index >= 15 is 0 Å². The van der Waals surface area contributed by atoms with Gasteiger partial charge in [0.2, 0.25) is 5.39 Å². The van der Waals surface area contributed by atoms with Gasteiger partial charge in [0.1, 0.15) is 11.4 Å². The number of aliphatic hydroxyl groups excluding tert-OH is 2. The maximum Gasteiger partial charge on any atom is 0.443 e. The van der Waals surface area contributed by atoms with Crippen LogP contribution in [-0.4, -0.2) is 22.4 Å². The van der Waals surface area contributed by atoms with Crippen molar-refractivity contribution >= 4 is 0 Å². The molecule has 0 heterocycles. The van der Waals surface area contributed by atoms with Crippen molar-refractivity contribution in [2.75, 3.05) is 6.61 Å². The Labute approximate surface area is 100 Å². The average molecular weight is 237 g/mol. The minimum Gasteiger partial charge on any atom is -0.488 e. The van der Waals surface area contributed by atoms with Gasteiger partial charge in [0.25, 0.3) is 0 Å². The van der Waals surface area contributed by atoms with E-state index in [1.165, 1.54) is 0 Å². The van der Waals surface area contributed by atoms with Crippen LogP contribution in [0.15, 0.2) is 24.3 Å². The molecule has 1 aromatic rings. The van der Waals surface area contributed by atoms with E-state index in [0.717, 1.165) is 0 Å². The van der Waals surface area contributed by atoms with Crippen LogP contribution in [-0.2, 0) is 0 Å². The van der Waals surface area contributed by atoms with Gasteiger partial charge in [0.05, 0.1) is 5.56 Å². The van der Waals surface area contributed by atoms with E-state index < -0.39 is 11.8 Å². The summed E-state index contributed by atoms with van der Waals surface area (Å²) >= 11 is 0. The van der Waals surface area contributed by atoms with Crippen LogP contribution in [0.3, 0.4) is 0 Å². The Bertz CT molecular complexity index is 395. The standard InChI is InChI=1S/C12H17N2O3/c1-12(2,7-8-15)17-10-5-3-9(4-6-10)11(16)14-13/h3-6,11,15-16H,7-8H2,1-2H3/q+1. The van der Waals surface area contributed by atoms with Crippen molar-refractivity contribution in [3.8, 4) is 5.75 Å². The van der Waals surface area contributed by atoms with Gasteiger partial charge in [-0.25, -0.2) is 0 Å². The number of diazo groups is 1. The zero-order valence-electron chi connectivity index (χ0n) is 10.00. The lowest BCUT2D eigenvalue weighted by molar-refractivity contribution is 0.0764. The fourth-order valence-corrected chi connectivity index (χ4v) is 1.41. The lowest BCUT2D eigenvalue weighted by atomic mass is 10.1. The van der Waals surface area contributed by atoms with Crippen LogP contribution in [0, 0.1) is 5.39 Å². The lowest BCUT2D eigenvalue weighted by Crippen LogP contribution is -2.29. The van der Waals surface area contributed by atoms with Gasteiger partial charge in [-0.1, -0.05) is 0 Å². The molecule has 1 rings (SSSR count). The summed E-state index contributed by atoms with van der Waals surface area (Å²) in [4.78, 5) is 2.77. The quantitative estimate of drug-likeness (QED) is 0.768. The SMILES string of the molecule is CC(C)(CCO)Oc1ccc(C(O)[N+]#N)cc1. The molecule has 5 nitrogen and oxygen atoms in total. The first-order chi connectivity index (χ1) is 7.98. The van der Waals surface area contributed by atoms with Crippen molar-refractivity contribution in [2.45, 2.75) is 32.1 Å². The molecule has 0 amide bonds. The predicted octanol–water partition coefficient (Wildman–Crippen LogP) is 2.07. The number of hydrogen-bond acceptors (Lipinski definition) is 4. The van der Waals surface area contributed by atoms with Crippen LogP contribution in [0.25, 0.3) is 4.98 Å². The molecular weight excluding hydrogens is 220 g/mol. The normalized spacial score (nSPS) is 12.9. The Kier molecular flexibility index (Phi) is 4.44. The van der Waals surface area contributed by atoms with E-state index in [-0.39, 0.29) is 6.61 Å². The first-order valence-electron chi connectivity index (χ1n) is 5.40. The van der Waals surface area contributed by atoms with Crippen molar-refractivity contribution in [2.24, 2.45) is 0 Å². The Morgan fingerprint density at radius 3 is 2.41 bits per heavy atom. The molecule has 0 aromatic heterocycles. The third kappa shape index (κ3) is 4.02. The fraction of sp³-hybridized carbons (Fsp3) is 0.500. The van der Waals surface area contributed by atoms with Crippen LogP contribution in [0.5, 0.6) is 5.75 Å². The summed E-state index contributed by atoms with van der Waals surface area (Å²) in [6, 6.07) is 6.61. The summed E-state index contributed by atoms with van der Waals surface area (Å²) in [5, 5.41) is 26.6. The molecule has 0 radical (unpaired) electrons. The molecule has 17 heavy (non-hydrogen) atoms. The minimum atomic E-state index is -1.23. The molecule has 0 aliphatic rings. The first-order valence-corrected chi connectivity index (χ1v) is 5.40. The molecule has 1 atom stereocenters. The van der Waals surface area contributed by atoms with E-state index in [2.05, 4.69) is 4.98 Å². The van der Waals surface area contributed by atoms with Gasteiger partial charge in [-0.05, 0) is 38.1 Å². The lowest BCUT2D eigenvalue weighted by Gasteiger charge is -2.25. The first kappa shape index (κ1) is 13.4. The molecule has 0 aliphatic carbocycles. The minimum absolute atomic E-state index is 0.0627. The zero-order chi connectivity index (χ0) is 12.9. The Morgan fingerprint density at radius 2 is 1.94 bits per heavy atom. The number of ether oxygens (including phenoxy) is 1. The molecule has 1 unspecified atom stereocenters. The largest absolute Gasteiger partial charge is 0.488 e. The Balaban J connectivity index is 2.72. The monoisotopic (exact) mass is 237 g/mol. The van der Waals surface area contributed by atoms with E-state index in [9.17, 15) is 5.11 Å². The van der Waals surface area contributed by atoms with Gasteiger partial charge in [0, 0.05) is 13.0 Å².